The number of halogens is 3. The van der Waals surface area contributed by atoms with Crippen LogP contribution in [0.5, 0.6) is 5.88 Å². The molecule has 2 aliphatic rings. The summed E-state index contributed by atoms with van der Waals surface area (Å²) in [6.45, 7) is 4.62. The Morgan fingerprint density at radius 1 is 1.18 bits per heavy atom. The van der Waals surface area contributed by atoms with Crippen LogP contribution >= 0.6 is 0 Å². The molecule has 0 amide bonds. The number of hydrogen-bond acceptors (Lipinski definition) is 6. The van der Waals surface area contributed by atoms with Crippen LogP contribution in [0.2, 0.25) is 0 Å². The summed E-state index contributed by atoms with van der Waals surface area (Å²) >= 11 is 0. The lowest BCUT2D eigenvalue weighted by Gasteiger charge is -2.27. The highest BCUT2D eigenvalue weighted by Crippen LogP contribution is 2.46. The first kappa shape index (κ1) is 21.7. The number of aryl methyl sites for hydroxylation is 1. The van der Waals surface area contributed by atoms with Gasteiger partial charge in [0.05, 0.1) is 24.1 Å². The molecule has 0 aromatic carbocycles. The predicted octanol–water partition coefficient (Wildman–Crippen LogP) is 4.06. The second-order valence-corrected chi connectivity index (χ2v) is 8.82. The van der Waals surface area contributed by atoms with E-state index >= 15 is 0 Å². The lowest BCUT2D eigenvalue weighted by molar-refractivity contribution is -0.137. The van der Waals surface area contributed by atoms with Crippen molar-refractivity contribution >= 4 is 5.82 Å². The topological polar surface area (TPSA) is 82.1 Å². The van der Waals surface area contributed by atoms with Crippen LogP contribution in [0.15, 0.2) is 36.5 Å². The monoisotopic (exact) mass is 458 g/mol. The highest BCUT2D eigenvalue weighted by Gasteiger charge is 2.47. The Bertz CT molecular complexity index is 1190. The summed E-state index contributed by atoms with van der Waals surface area (Å²) in [6, 6.07) is 8.84. The average molecular weight is 458 g/mol. The molecule has 0 aliphatic carbocycles. The first-order valence-electron chi connectivity index (χ1n) is 10.9. The van der Waals surface area contributed by atoms with Gasteiger partial charge in [-0.1, -0.05) is 6.07 Å². The summed E-state index contributed by atoms with van der Waals surface area (Å²) in [5.41, 5.74) is 7.26. The summed E-state index contributed by atoms with van der Waals surface area (Å²) < 4.78 is 47.1. The van der Waals surface area contributed by atoms with Gasteiger partial charge in [-0.05, 0) is 44.5 Å². The molecule has 0 bridgehead atoms. The highest BCUT2D eigenvalue weighted by molar-refractivity contribution is 5.63. The number of hydrogen-bond donors (Lipinski definition) is 1. The Balaban J connectivity index is 1.41. The van der Waals surface area contributed by atoms with Gasteiger partial charge < -0.3 is 10.5 Å². The number of rotatable bonds is 4. The maximum Gasteiger partial charge on any atom is 0.419 e. The third-order valence-electron chi connectivity index (χ3n) is 6.96. The molecule has 2 atom stereocenters. The van der Waals surface area contributed by atoms with Crippen LogP contribution in [-0.4, -0.2) is 44.8 Å². The smallest absolute Gasteiger partial charge is 0.419 e. The fourth-order valence-corrected chi connectivity index (χ4v) is 5.06. The van der Waals surface area contributed by atoms with Crippen molar-refractivity contribution in [2.75, 3.05) is 25.9 Å². The normalized spacial score (nSPS) is 21.5. The molecule has 0 saturated carbocycles. The van der Waals surface area contributed by atoms with Gasteiger partial charge in [-0.25, -0.2) is 9.97 Å². The quantitative estimate of drug-likeness (QED) is 0.635. The van der Waals surface area contributed by atoms with Crippen LogP contribution in [0.25, 0.3) is 11.3 Å². The Labute approximate surface area is 189 Å². The van der Waals surface area contributed by atoms with Crippen molar-refractivity contribution in [3.8, 4) is 17.1 Å². The van der Waals surface area contributed by atoms with E-state index in [9.17, 15) is 13.2 Å². The van der Waals surface area contributed by atoms with Crippen molar-refractivity contribution in [3.05, 3.63) is 53.5 Å². The molecular formula is C23H25F3N6O. The molecule has 2 aliphatic heterocycles. The molecule has 1 saturated heterocycles. The fraction of sp³-hybridized carbons (Fsp3) is 0.435. The summed E-state index contributed by atoms with van der Waals surface area (Å²) in [5.74, 6) is 0.0632. The van der Waals surface area contributed by atoms with Gasteiger partial charge in [-0.2, -0.15) is 18.3 Å². The molecule has 1 spiro atoms. The van der Waals surface area contributed by atoms with Gasteiger partial charge in [0.1, 0.15) is 5.82 Å². The number of alkyl halides is 3. The third kappa shape index (κ3) is 3.72. The number of anilines is 1. The fourth-order valence-electron chi connectivity index (χ4n) is 5.06. The van der Waals surface area contributed by atoms with Gasteiger partial charge in [0, 0.05) is 48.1 Å². The number of ether oxygens (including phenoxy) is 1. The number of methoxy groups -OCH3 is 1. The molecule has 174 valence electrons. The molecule has 33 heavy (non-hydrogen) atoms. The Kier molecular flexibility index (Phi) is 5.08. The van der Waals surface area contributed by atoms with Gasteiger partial charge in [0.2, 0.25) is 5.88 Å². The van der Waals surface area contributed by atoms with E-state index in [2.05, 4.69) is 26.9 Å². The van der Waals surface area contributed by atoms with Crippen LogP contribution < -0.4 is 10.5 Å². The minimum absolute atomic E-state index is 0.0769. The molecule has 2 N–H and O–H groups in total. The van der Waals surface area contributed by atoms with E-state index in [0.29, 0.717) is 17.1 Å². The van der Waals surface area contributed by atoms with Gasteiger partial charge in [0.15, 0.2) is 0 Å². The molecule has 10 heteroatoms. The van der Waals surface area contributed by atoms with E-state index in [0.717, 1.165) is 49.9 Å². The maximum absolute atomic E-state index is 13.3. The summed E-state index contributed by atoms with van der Waals surface area (Å²) in [7, 11) is 1.60. The molecule has 7 nitrogen and oxygen atoms in total. The summed E-state index contributed by atoms with van der Waals surface area (Å²) in [6.07, 6.45) is -1.29. The molecule has 0 radical (unpaired) electrons. The van der Waals surface area contributed by atoms with E-state index in [-0.39, 0.29) is 11.5 Å². The van der Waals surface area contributed by atoms with Crippen molar-refractivity contribution in [2.24, 2.45) is 0 Å². The lowest BCUT2D eigenvalue weighted by atomic mass is 9.82. The van der Waals surface area contributed by atoms with E-state index in [4.69, 9.17) is 10.5 Å². The van der Waals surface area contributed by atoms with Crippen molar-refractivity contribution in [2.45, 2.75) is 43.9 Å². The third-order valence-corrected chi connectivity index (χ3v) is 6.96. The molecular weight excluding hydrogens is 433 g/mol. The van der Waals surface area contributed by atoms with Crippen LogP contribution in [0.1, 0.15) is 42.8 Å². The summed E-state index contributed by atoms with van der Waals surface area (Å²) in [5, 5.41) is 4.60. The first-order chi connectivity index (χ1) is 15.7. The predicted molar refractivity (Wildman–Crippen MR) is 117 cm³/mol. The van der Waals surface area contributed by atoms with Gasteiger partial charge in [-0.15, -0.1) is 0 Å². The van der Waals surface area contributed by atoms with Crippen LogP contribution in [0.3, 0.4) is 0 Å². The standard InChI is InChI=1S/C23H25F3N6O/c1-14(17-4-3-5-20(29-17)33-2)31-8-6-22(13-31)7-9-32-19(22)11-18(30-32)15-10-16(23(24,25)26)21(27)28-12-15/h3-5,10-12,14H,6-9,13H2,1-2H3,(H2,27,28)/t14?,22-/m1/s1. The Morgan fingerprint density at radius 2 is 1.97 bits per heavy atom. The average Bonchev–Trinajstić information content (AvgIpc) is 3.50. The maximum atomic E-state index is 13.3. The highest BCUT2D eigenvalue weighted by atomic mass is 19.4. The van der Waals surface area contributed by atoms with Crippen molar-refractivity contribution in [1.29, 1.82) is 0 Å². The SMILES string of the molecule is COc1cccc(C(C)N2CC[C@@]3(CCn4nc(-c5cnc(N)c(C(F)(F)F)c5)cc43)C2)n1. The number of nitrogen functional groups attached to an aromatic ring is 1. The lowest BCUT2D eigenvalue weighted by Crippen LogP contribution is -2.31. The molecule has 5 heterocycles. The molecule has 1 fully saturated rings. The first-order valence-corrected chi connectivity index (χ1v) is 10.9. The van der Waals surface area contributed by atoms with Crippen LogP contribution in [0.4, 0.5) is 19.0 Å². The van der Waals surface area contributed by atoms with Crippen molar-refractivity contribution in [1.82, 2.24) is 24.6 Å². The van der Waals surface area contributed by atoms with E-state index < -0.39 is 17.6 Å². The van der Waals surface area contributed by atoms with Crippen LogP contribution in [0, 0.1) is 0 Å². The van der Waals surface area contributed by atoms with E-state index in [1.807, 2.05) is 28.9 Å². The Morgan fingerprint density at radius 3 is 2.73 bits per heavy atom. The Hall–Kier alpha value is -3.14. The van der Waals surface area contributed by atoms with Gasteiger partial charge in [0.25, 0.3) is 0 Å². The number of fused-ring (bicyclic) bond motifs is 2. The molecule has 3 aromatic rings. The van der Waals surface area contributed by atoms with Gasteiger partial charge >= 0.3 is 6.18 Å². The van der Waals surface area contributed by atoms with E-state index in [1.54, 1.807) is 7.11 Å². The van der Waals surface area contributed by atoms with Gasteiger partial charge in [-0.3, -0.25) is 9.58 Å². The van der Waals surface area contributed by atoms with Crippen molar-refractivity contribution in [3.63, 3.8) is 0 Å². The van der Waals surface area contributed by atoms with Crippen molar-refractivity contribution < 1.29 is 17.9 Å². The number of likely N-dealkylation sites (tertiary alicyclic amines) is 1. The number of pyridine rings is 2. The molecule has 5 rings (SSSR count). The minimum Gasteiger partial charge on any atom is -0.481 e. The molecule has 1 unspecified atom stereocenters. The van der Waals surface area contributed by atoms with Crippen LogP contribution in [-0.2, 0) is 18.1 Å². The second-order valence-electron chi connectivity index (χ2n) is 8.82. The zero-order chi connectivity index (χ0) is 23.4. The summed E-state index contributed by atoms with van der Waals surface area (Å²) in [4.78, 5) is 10.7. The molecule has 3 aromatic heterocycles. The second kappa shape index (κ2) is 7.72. The number of nitrogens with zero attached hydrogens (tertiary/aromatic N) is 5. The zero-order valence-corrected chi connectivity index (χ0v) is 18.4. The number of aromatic nitrogens is 4. The number of nitrogens with two attached hydrogens (primary N) is 1. The zero-order valence-electron chi connectivity index (χ0n) is 18.4. The largest absolute Gasteiger partial charge is 0.481 e. The minimum atomic E-state index is -4.56. The van der Waals surface area contributed by atoms with E-state index in [1.165, 1.54) is 6.20 Å².